The van der Waals surface area contributed by atoms with Crippen LogP contribution in [-0.4, -0.2) is 11.2 Å². The van der Waals surface area contributed by atoms with Crippen LogP contribution in [0.15, 0.2) is 18.2 Å². The molecule has 86 valence electrons. The van der Waals surface area contributed by atoms with Gasteiger partial charge in [0.1, 0.15) is 11.6 Å². The predicted octanol–water partition coefficient (Wildman–Crippen LogP) is 3.30. The average molecular weight is 216 g/mol. The minimum Gasteiger partial charge on any atom is -0.393 e. The summed E-state index contributed by atoms with van der Waals surface area (Å²) in [7, 11) is 0. The molecule has 0 aromatic heterocycles. The molecule has 0 saturated carbocycles. The monoisotopic (exact) mass is 216 g/mol. The second kappa shape index (κ2) is 7.35. The van der Waals surface area contributed by atoms with E-state index < -0.39 is 17.7 Å². The van der Waals surface area contributed by atoms with Crippen molar-refractivity contribution in [3.8, 4) is 0 Å². The summed E-state index contributed by atoms with van der Waals surface area (Å²) in [5.74, 6) is -1.20. The zero-order valence-electron chi connectivity index (χ0n) is 9.43. The van der Waals surface area contributed by atoms with E-state index in [1.54, 1.807) is 0 Å². The number of rotatable bonds is 3. The van der Waals surface area contributed by atoms with E-state index in [-0.39, 0.29) is 0 Å². The lowest BCUT2D eigenvalue weighted by atomic mass is 10.1. The molecule has 15 heavy (non-hydrogen) atoms. The number of aliphatic hydroxyl groups is 1. The highest BCUT2D eigenvalue weighted by atomic mass is 19.1. The van der Waals surface area contributed by atoms with E-state index in [0.717, 1.165) is 6.07 Å². The van der Waals surface area contributed by atoms with Crippen molar-refractivity contribution < 1.29 is 13.9 Å². The smallest absolute Gasteiger partial charge is 0.126 e. The first kappa shape index (κ1) is 14.0. The lowest BCUT2D eigenvalue weighted by molar-refractivity contribution is 0.170. The second-order valence-electron chi connectivity index (χ2n) is 3.04. The zero-order chi connectivity index (χ0) is 11.8. The molecule has 1 unspecified atom stereocenters. The maximum absolute atomic E-state index is 12.7. The van der Waals surface area contributed by atoms with Gasteiger partial charge in [-0.2, -0.15) is 0 Å². The second-order valence-corrected chi connectivity index (χ2v) is 3.04. The van der Waals surface area contributed by atoms with E-state index in [2.05, 4.69) is 0 Å². The topological polar surface area (TPSA) is 20.2 Å². The van der Waals surface area contributed by atoms with Crippen molar-refractivity contribution in [2.24, 2.45) is 0 Å². The molecule has 1 nitrogen and oxygen atoms in total. The van der Waals surface area contributed by atoms with Crippen molar-refractivity contribution in [2.75, 3.05) is 0 Å². The summed E-state index contributed by atoms with van der Waals surface area (Å²) in [6.07, 6.45) is 0.352. The van der Waals surface area contributed by atoms with E-state index in [1.165, 1.54) is 12.1 Å². The molecule has 0 amide bonds. The molecule has 1 rings (SSSR count). The molecule has 0 aliphatic heterocycles. The average Bonchev–Trinajstić information content (AvgIpc) is 2.19. The molecule has 0 aliphatic rings. The van der Waals surface area contributed by atoms with Crippen molar-refractivity contribution in [2.45, 2.75) is 39.7 Å². The summed E-state index contributed by atoms with van der Waals surface area (Å²) >= 11 is 0. The Morgan fingerprint density at radius 1 is 1.13 bits per heavy atom. The van der Waals surface area contributed by atoms with Gasteiger partial charge in [0.2, 0.25) is 0 Å². The number of hydrogen-bond donors (Lipinski definition) is 1. The zero-order valence-corrected chi connectivity index (χ0v) is 9.43. The van der Waals surface area contributed by atoms with Crippen LogP contribution in [0.2, 0.25) is 0 Å². The normalized spacial score (nSPS) is 11.6. The molecular formula is C12H18F2O. The first-order valence-corrected chi connectivity index (χ1v) is 5.25. The predicted molar refractivity (Wildman–Crippen MR) is 57.7 cm³/mol. The van der Waals surface area contributed by atoms with Gasteiger partial charge in [-0.1, -0.05) is 20.8 Å². The highest BCUT2D eigenvalue weighted by molar-refractivity contribution is 5.18. The molecular weight excluding hydrogens is 198 g/mol. The molecule has 0 aliphatic carbocycles. The van der Waals surface area contributed by atoms with Crippen LogP contribution in [0.25, 0.3) is 0 Å². The van der Waals surface area contributed by atoms with Crippen LogP contribution >= 0.6 is 0 Å². The van der Waals surface area contributed by atoms with Crippen LogP contribution in [0, 0.1) is 11.6 Å². The fraction of sp³-hybridized carbons (Fsp3) is 0.500. The Bertz CT molecular complexity index is 267. The van der Waals surface area contributed by atoms with Gasteiger partial charge in [-0.3, -0.25) is 0 Å². The summed E-state index contributed by atoms with van der Waals surface area (Å²) in [5.41, 5.74) is 0.492. The number of benzene rings is 1. The fourth-order valence-corrected chi connectivity index (χ4v) is 1.15. The standard InChI is InChI=1S/C10H12F2O.C2H6/c1-2-10(13)5-7-3-8(11)6-9(12)4-7;1-2/h3-4,6,10,13H,2,5H2,1H3;1-2H3. The Hall–Kier alpha value is -0.960. The molecule has 0 heterocycles. The summed E-state index contributed by atoms with van der Waals surface area (Å²) in [6.45, 7) is 5.82. The maximum atomic E-state index is 12.7. The van der Waals surface area contributed by atoms with Gasteiger partial charge >= 0.3 is 0 Å². The molecule has 0 spiro atoms. The lowest BCUT2D eigenvalue weighted by Gasteiger charge is -2.07. The van der Waals surface area contributed by atoms with Gasteiger partial charge in [0.05, 0.1) is 6.10 Å². The van der Waals surface area contributed by atoms with Gasteiger partial charge in [0, 0.05) is 6.07 Å². The Balaban J connectivity index is 0.000000921. The van der Waals surface area contributed by atoms with Crippen molar-refractivity contribution in [3.05, 3.63) is 35.4 Å². The van der Waals surface area contributed by atoms with Crippen LogP contribution in [0.3, 0.4) is 0 Å². The quantitative estimate of drug-likeness (QED) is 0.821. The number of hydrogen-bond acceptors (Lipinski definition) is 1. The molecule has 3 heteroatoms. The Kier molecular flexibility index (Phi) is 6.88. The lowest BCUT2D eigenvalue weighted by Crippen LogP contribution is -2.08. The van der Waals surface area contributed by atoms with Crippen molar-refractivity contribution in [3.63, 3.8) is 0 Å². The van der Waals surface area contributed by atoms with E-state index in [1.807, 2.05) is 20.8 Å². The fourth-order valence-electron chi connectivity index (χ4n) is 1.15. The highest BCUT2D eigenvalue weighted by Gasteiger charge is 2.05. The number of halogens is 2. The van der Waals surface area contributed by atoms with Crippen LogP contribution in [0.5, 0.6) is 0 Å². The van der Waals surface area contributed by atoms with Crippen molar-refractivity contribution in [1.29, 1.82) is 0 Å². The first-order valence-electron chi connectivity index (χ1n) is 5.25. The summed E-state index contributed by atoms with van der Waals surface area (Å²) in [5, 5.41) is 9.25. The minimum absolute atomic E-state index is 0.297. The van der Waals surface area contributed by atoms with Gasteiger partial charge in [0.25, 0.3) is 0 Å². The van der Waals surface area contributed by atoms with Gasteiger partial charge < -0.3 is 5.11 Å². The van der Waals surface area contributed by atoms with Crippen LogP contribution < -0.4 is 0 Å². The molecule has 0 fully saturated rings. The Labute approximate surface area is 89.8 Å². The summed E-state index contributed by atoms with van der Waals surface area (Å²) in [4.78, 5) is 0. The van der Waals surface area contributed by atoms with E-state index in [9.17, 15) is 13.9 Å². The van der Waals surface area contributed by atoms with Gasteiger partial charge in [-0.15, -0.1) is 0 Å². The minimum atomic E-state index is -0.599. The van der Waals surface area contributed by atoms with E-state index >= 15 is 0 Å². The van der Waals surface area contributed by atoms with Crippen molar-refractivity contribution in [1.82, 2.24) is 0 Å². The van der Waals surface area contributed by atoms with Gasteiger partial charge in [-0.05, 0) is 30.5 Å². The van der Waals surface area contributed by atoms with E-state index in [0.29, 0.717) is 18.4 Å². The largest absolute Gasteiger partial charge is 0.393 e. The molecule has 0 bridgehead atoms. The molecule has 0 saturated heterocycles. The molecule has 1 aromatic carbocycles. The molecule has 1 aromatic rings. The van der Waals surface area contributed by atoms with Crippen LogP contribution in [-0.2, 0) is 6.42 Å². The third-order valence-corrected chi connectivity index (χ3v) is 1.86. The van der Waals surface area contributed by atoms with Gasteiger partial charge in [-0.25, -0.2) is 8.78 Å². The Morgan fingerprint density at radius 2 is 1.60 bits per heavy atom. The van der Waals surface area contributed by atoms with Gasteiger partial charge in [0.15, 0.2) is 0 Å². The van der Waals surface area contributed by atoms with E-state index in [4.69, 9.17) is 0 Å². The first-order chi connectivity index (χ1) is 7.11. The molecule has 0 radical (unpaired) electrons. The maximum Gasteiger partial charge on any atom is 0.126 e. The van der Waals surface area contributed by atoms with Crippen molar-refractivity contribution >= 4 is 0 Å². The highest BCUT2D eigenvalue weighted by Crippen LogP contribution is 2.10. The summed E-state index contributed by atoms with van der Waals surface area (Å²) in [6, 6.07) is 3.30. The third kappa shape index (κ3) is 5.47. The van der Waals surface area contributed by atoms with Crippen LogP contribution in [0.1, 0.15) is 32.8 Å². The summed E-state index contributed by atoms with van der Waals surface area (Å²) < 4.78 is 25.3. The number of aliphatic hydroxyl groups excluding tert-OH is 1. The molecule has 1 N–H and O–H groups in total. The Morgan fingerprint density at radius 3 is 2.00 bits per heavy atom. The SMILES string of the molecule is CC.CCC(O)Cc1cc(F)cc(F)c1. The molecule has 1 atom stereocenters. The third-order valence-electron chi connectivity index (χ3n) is 1.86. The van der Waals surface area contributed by atoms with Crippen LogP contribution in [0.4, 0.5) is 8.78 Å².